The average Bonchev–Trinajstić information content (AvgIpc) is 2.06. The van der Waals surface area contributed by atoms with Gasteiger partial charge in [0.2, 0.25) is 0 Å². The summed E-state index contributed by atoms with van der Waals surface area (Å²) in [5.74, 6) is 0. The molecule has 0 aromatic rings. The Morgan fingerprint density at radius 2 is 1.00 bits per heavy atom. The van der Waals surface area contributed by atoms with Gasteiger partial charge in [-0.2, -0.15) is 0 Å². The summed E-state index contributed by atoms with van der Waals surface area (Å²) >= 11 is 0. The molecule has 0 heterocycles. The van der Waals surface area contributed by atoms with Crippen LogP contribution in [0.2, 0.25) is 0 Å². The average molecular weight is 214 g/mol. The summed E-state index contributed by atoms with van der Waals surface area (Å²) < 4.78 is 0. The number of hydrogen-bond donors (Lipinski definition) is 3. The summed E-state index contributed by atoms with van der Waals surface area (Å²) in [6, 6.07) is 0. The molecule has 0 amide bonds. The Kier molecular flexibility index (Phi) is 79.8. The van der Waals surface area contributed by atoms with Crippen molar-refractivity contribution in [2.24, 2.45) is 0 Å². The second kappa shape index (κ2) is 41.9. The Balaban J connectivity index is -0.0000000389. The van der Waals surface area contributed by atoms with E-state index in [0.29, 0.717) is 0 Å². The van der Waals surface area contributed by atoms with E-state index in [1.807, 2.05) is 0 Å². The fraction of sp³-hybridized carbons (Fsp3) is 1.00. The molecule has 0 unspecified atom stereocenters. The van der Waals surface area contributed by atoms with Crippen molar-refractivity contribution in [2.75, 3.05) is 32.9 Å². The van der Waals surface area contributed by atoms with Crippen molar-refractivity contribution in [3.63, 3.8) is 0 Å². The molecule has 0 aliphatic carbocycles. The molecule has 12 heavy (non-hydrogen) atoms. The van der Waals surface area contributed by atoms with E-state index >= 15 is 0 Å². The maximum atomic E-state index is 7.69. The second-order valence-corrected chi connectivity index (χ2v) is 1.26. The molecule has 74 valence electrons. The van der Waals surface area contributed by atoms with Crippen LogP contribution >= 0.6 is 0 Å². The van der Waals surface area contributed by atoms with Crippen molar-refractivity contribution in [3.05, 3.63) is 11.5 Å². The molecule has 0 aliphatic heterocycles. The Morgan fingerprint density at radius 1 is 0.917 bits per heavy atom. The number of nitrogens with one attached hydrogen (secondary N) is 2. The number of aliphatic hydroxyl groups excluding tert-OH is 3. The summed E-state index contributed by atoms with van der Waals surface area (Å²) in [7, 11) is 0. The van der Waals surface area contributed by atoms with Gasteiger partial charge >= 0.3 is 21.7 Å². The fourth-order valence-corrected chi connectivity index (χ4v) is 0. The molecule has 0 fully saturated rings. The van der Waals surface area contributed by atoms with Gasteiger partial charge in [0.25, 0.3) is 0 Å². The van der Waals surface area contributed by atoms with Crippen molar-refractivity contribution in [1.82, 2.24) is 0 Å². The van der Waals surface area contributed by atoms with Crippen LogP contribution in [0.1, 0.15) is 6.92 Å². The van der Waals surface area contributed by atoms with Crippen LogP contribution in [0.5, 0.6) is 0 Å². The van der Waals surface area contributed by atoms with E-state index in [9.17, 15) is 0 Å². The van der Waals surface area contributed by atoms with Crippen molar-refractivity contribution in [3.8, 4) is 0 Å². The van der Waals surface area contributed by atoms with Crippen LogP contribution < -0.4 is 0 Å². The molecule has 0 aliphatic rings. The van der Waals surface area contributed by atoms with Crippen molar-refractivity contribution < 1.29 is 37.0 Å². The summed E-state index contributed by atoms with van der Waals surface area (Å²) in [6.07, 6.45) is 0. The standard InChI is InChI=1S/2C2H6NO.C2H6O.Ti/c2*3-1-2-4;1-2-3;/h2*3-4H,1-2H2;3H,2H2,1H3;/q2*-1;;+2. The third-order valence-electron chi connectivity index (χ3n) is 0.224. The van der Waals surface area contributed by atoms with Gasteiger partial charge in [0.15, 0.2) is 0 Å². The van der Waals surface area contributed by atoms with Crippen LogP contribution in [-0.2, 0) is 21.7 Å². The molecule has 0 radical (unpaired) electrons. The normalized spacial score (nSPS) is 6.50. The molecule has 0 rings (SSSR count). The van der Waals surface area contributed by atoms with Gasteiger partial charge in [0, 0.05) is 19.8 Å². The first-order valence-corrected chi connectivity index (χ1v) is 3.36. The van der Waals surface area contributed by atoms with Gasteiger partial charge < -0.3 is 26.8 Å². The number of rotatable bonds is 2. The van der Waals surface area contributed by atoms with Crippen molar-refractivity contribution in [2.45, 2.75) is 6.92 Å². The molecule has 5 nitrogen and oxygen atoms in total. The maximum absolute atomic E-state index is 7.69. The molecule has 0 saturated heterocycles. The summed E-state index contributed by atoms with van der Waals surface area (Å²) in [6.45, 7) is 2.15. The molecular weight excluding hydrogens is 196 g/mol. The largest absolute Gasteiger partial charge is 2.00 e. The quantitative estimate of drug-likeness (QED) is 0.565. The Hall–Kier alpha value is 0.514. The van der Waals surface area contributed by atoms with Crippen LogP contribution in [0.3, 0.4) is 0 Å². The maximum Gasteiger partial charge on any atom is 2.00 e. The first-order chi connectivity index (χ1) is 5.24. The van der Waals surface area contributed by atoms with Crippen LogP contribution in [-0.4, -0.2) is 48.2 Å². The summed E-state index contributed by atoms with van der Waals surface area (Å²) in [5.41, 5.74) is 12.4. The van der Waals surface area contributed by atoms with E-state index in [2.05, 4.69) is 0 Å². The van der Waals surface area contributed by atoms with Crippen LogP contribution in [0.15, 0.2) is 0 Å². The minimum absolute atomic E-state index is 0. The summed E-state index contributed by atoms with van der Waals surface area (Å²) in [5, 5.41) is 22.9. The Labute approximate surface area is 88.6 Å². The molecule has 0 bridgehead atoms. The van der Waals surface area contributed by atoms with Gasteiger partial charge in [0.05, 0.1) is 0 Å². The van der Waals surface area contributed by atoms with E-state index in [1.54, 1.807) is 6.92 Å². The van der Waals surface area contributed by atoms with Crippen LogP contribution in [0.25, 0.3) is 11.5 Å². The molecule has 5 N–H and O–H groups in total. The Morgan fingerprint density at radius 3 is 1.00 bits per heavy atom. The van der Waals surface area contributed by atoms with Crippen LogP contribution in [0.4, 0.5) is 0 Å². The van der Waals surface area contributed by atoms with Crippen molar-refractivity contribution >= 4 is 0 Å². The zero-order chi connectivity index (χ0) is 9.54. The number of hydrogen-bond acceptors (Lipinski definition) is 3. The molecule has 0 aromatic carbocycles. The van der Waals surface area contributed by atoms with Gasteiger partial charge in [-0.15, -0.1) is 13.1 Å². The number of aliphatic hydroxyl groups is 3. The van der Waals surface area contributed by atoms with E-state index in [4.69, 9.17) is 26.8 Å². The van der Waals surface area contributed by atoms with Gasteiger partial charge in [-0.1, -0.05) is 0 Å². The van der Waals surface area contributed by atoms with Gasteiger partial charge in [-0.05, 0) is 6.92 Å². The van der Waals surface area contributed by atoms with Gasteiger partial charge in [-0.3, -0.25) is 0 Å². The molecule has 0 spiro atoms. The smallest absolute Gasteiger partial charge is 0.676 e. The van der Waals surface area contributed by atoms with Gasteiger partial charge in [0.1, 0.15) is 0 Å². The first-order valence-electron chi connectivity index (χ1n) is 3.36. The molecule has 0 aromatic heterocycles. The topological polar surface area (TPSA) is 108 Å². The molecule has 0 atom stereocenters. The van der Waals surface area contributed by atoms with Crippen molar-refractivity contribution in [1.29, 1.82) is 0 Å². The zero-order valence-corrected chi connectivity index (χ0v) is 8.94. The van der Waals surface area contributed by atoms with E-state index in [0.717, 1.165) is 0 Å². The Bertz CT molecular complexity index is 36.0. The third-order valence-corrected chi connectivity index (χ3v) is 0.224. The molecule has 0 saturated carbocycles. The van der Waals surface area contributed by atoms with Gasteiger partial charge in [-0.25, -0.2) is 0 Å². The minimum atomic E-state index is -0.0139. The fourth-order valence-electron chi connectivity index (χ4n) is 0. The predicted octanol–water partition coefficient (Wildman–Crippen LogP) is 0.0579. The van der Waals surface area contributed by atoms with E-state index in [-0.39, 0.29) is 54.6 Å². The second-order valence-electron chi connectivity index (χ2n) is 1.26. The van der Waals surface area contributed by atoms with Crippen LogP contribution in [0, 0.1) is 0 Å². The SMILES string of the molecule is CCO.[NH-]CCO.[NH-]CCO.[Ti+2]. The summed E-state index contributed by atoms with van der Waals surface area (Å²) in [4.78, 5) is 0. The molecule has 6 heteroatoms. The zero-order valence-electron chi connectivity index (χ0n) is 7.38. The van der Waals surface area contributed by atoms with E-state index < -0.39 is 0 Å². The van der Waals surface area contributed by atoms with E-state index in [1.165, 1.54) is 0 Å². The molecular formula is C6H18N2O3Ti. The first kappa shape index (κ1) is 22.9. The minimum Gasteiger partial charge on any atom is -0.676 e. The monoisotopic (exact) mass is 214 g/mol. The third kappa shape index (κ3) is 151. The predicted molar refractivity (Wildman–Crippen MR) is 45.3 cm³/mol.